The van der Waals surface area contributed by atoms with Gasteiger partial charge in [0, 0.05) is 28.0 Å². The molecule has 0 aliphatic rings. The van der Waals surface area contributed by atoms with Crippen LogP contribution in [0.15, 0.2) is 54.6 Å². The molecule has 0 radical (unpaired) electrons. The van der Waals surface area contributed by atoms with Crippen LogP contribution in [0, 0.1) is 13.8 Å². The fourth-order valence-electron chi connectivity index (χ4n) is 2.69. The third-order valence-corrected chi connectivity index (χ3v) is 4.19. The number of rotatable bonds is 3. The second-order valence-corrected chi connectivity index (χ2v) is 6.31. The molecule has 2 aromatic heterocycles. The summed E-state index contributed by atoms with van der Waals surface area (Å²) < 4.78 is 1.73. The lowest BCUT2D eigenvalue weighted by Gasteiger charge is -2.08. The first kappa shape index (κ1) is 15.6. The van der Waals surface area contributed by atoms with Crippen LogP contribution in [-0.4, -0.2) is 19.6 Å². The zero-order valence-electron chi connectivity index (χ0n) is 13.9. The molecule has 25 heavy (non-hydrogen) atoms. The van der Waals surface area contributed by atoms with E-state index in [0.29, 0.717) is 16.6 Å². The average Bonchev–Trinajstić information content (AvgIpc) is 3.01. The third-order valence-electron chi connectivity index (χ3n) is 3.94. The molecule has 0 aliphatic heterocycles. The lowest BCUT2D eigenvalue weighted by atomic mass is 10.1. The number of halogens is 1. The lowest BCUT2D eigenvalue weighted by molar-refractivity contribution is 0.940. The molecule has 0 fully saturated rings. The molecule has 0 saturated carbocycles. The van der Waals surface area contributed by atoms with Crippen molar-refractivity contribution < 1.29 is 0 Å². The van der Waals surface area contributed by atoms with Crippen LogP contribution in [0.25, 0.3) is 17.2 Å². The Morgan fingerprint density at radius 1 is 0.960 bits per heavy atom. The maximum absolute atomic E-state index is 5.96. The number of hydrogen-bond donors (Lipinski definition) is 1. The molecule has 124 valence electrons. The minimum absolute atomic E-state index is 0.565. The molecule has 0 aliphatic carbocycles. The van der Waals surface area contributed by atoms with Crippen molar-refractivity contribution in [2.24, 2.45) is 0 Å². The minimum atomic E-state index is 0.565. The van der Waals surface area contributed by atoms with Crippen molar-refractivity contribution in [3.05, 3.63) is 70.9 Å². The highest BCUT2D eigenvalue weighted by atomic mass is 35.5. The molecule has 6 heteroatoms. The number of hydrogen-bond acceptors (Lipinski definition) is 4. The summed E-state index contributed by atoms with van der Waals surface area (Å²) in [5.74, 6) is 2.03. The van der Waals surface area contributed by atoms with Crippen LogP contribution in [0.1, 0.15) is 11.3 Å². The van der Waals surface area contributed by atoms with Gasteiger partial charge in [0.05, 0.1) is 0 Å². The zero-order valence-corrected chi connectivity index (χ0v) is 14.6. The van der Waals surface area contributed by atoms with Crippen molar-refractivity contribution in [3.8, 4) is 11.4 Å². The van der Waals surface area contributed by atoms with Crippen LogP contribution in [-0.2, 0) is 0 Å². The van der Waals surface area contributed by atoms with E-state index < -0.39 is 0 Å². The molecule has 2 heterocycles. The summed E-state index contributed by atoms with van der Waals surface area (Å²) in [6, 6.07) is 17.5. The zero-order chi connectivity index (χ0) is 17.4. The summed E-state index contributed by atoms with van der Waals surface area (Å²) in [7, 11) is 0. The number of benzene rings is 2. The highest BCUT2D eigenvalue weighted by Crippen LogP contribution is 2.24. The Labute approximate surface area is 150 Å². The second-order valence-electron chi connectivity index (χ2n) is 5.88. The number of nitrogens with one attached hydrogen (secondary N) is 1. The van der Waals surface area contributed by atoms with E-state index in [1.165, 1.54) is 0 Å². The van der Waals surface area contributed by atoms with E-state index >= 15 is 0 Å². The van der Waals surface area contributed by atoms with Gasteiger partial charge in [-0.3, -0.25) is 0 Å². The van der Waals surface area contributed by atoms with Crippen LogP contribution in [0.3, 0.4) is 0 Å². The smallest absolute Gasteiger partial charge is 0.254 e. The van der Waals surface area contributed by atoms with E-state index in [2.05, 4.69) is 20.4 Å². The first-order valence-corrected chi connectivity index (χ1v) is 8.31. The number of anilines is 2. The predicted octanol–water partition coefficient (Wildman–Crippen LogP) is 4.81. The summed E-state index contributed by atoms with van der Waals surface area (Å²) in [5.41, 5.74) is 3.92. The van der Waals surface area contributed by atoms with Crippen LogP contribution in [0.2, 0.25) is 5.02 Å². The first-order chi connectivity index (χ1) is 12.1. The van der Waals surface area contributed by atoms with Crippen LogP contribution < -0.4 is 5.32 Å². The van der Waals surface area contributed by atoms with Crippen molar-refractivity contribution in [2.45, 2.75) is 13.8 Å². The molecule has 0 atom stereocenters. The van der Waals surface area contributed by atoms with Gasteiger partial charge in [0.15, 0.2) is 5.82 Å². The quantitative estimate of drug-likeness (QED) is 0.577. The van der Waals surface area contributed by atoms with Crippen molar-refractivity contribution in [3.63, 3.8) is 0 Å². The number of aryl methyl sites for hydroxylation is 2. The molecule has 0 saturated heterocycles. The molecular formula is C19H16ClN5. The summed E-state index contributed by atoms with van der Waals surface area (Å²) in [6.45, 7) is 3.99. The summed E-state index contributed by atoms with van der Waals surface area (Å²) in [5, 5.41) is 8.71. The fraction of sp³-hybridized carbons (Fsp3) is 0.105. The number of nitrogens with zero attached hydrogens (tertiary/aromatic N) is 4. The summed E-state index contributed by atoms with van der Waals surface area (Å²) in [6.07, 6.45) is 0. The van der Waals surface area contributed by atoms with E-state index in [0.717, 1.165) is 28.3 Å². The molecule has 0 unspecified atom stereocenters. The standard InChI is InChI=1S/C19H16ClN5/c1-12-5-3-4-6-16(12)18-23-19-21-13(2)11-17(25(19)24-18)22-15-9-7-14(20)8-10-15/h3-11,22H,1-2H3. The van der Waals surface area contributed by atoms with Gasteiger partial charge in [0.2, 0.25) is 0 Å². The maximum atomic E-state index is 5.96. The van der Waals surface area contributed by atoms with Crippen LogP contribution in [0.4, 0.5) is 11.5 Å². The molecular weight excluding hydrogens is 334 g/mol. The highest BCUT2D eigenvalue weighted by Gasteiger charge is 2.13. The Hall–Kier alpha value is -2.92. The van der Waals surface area contributed by atoms with E-state index in [4.69, 9.17) is 11.6 Å². The van der Waals surface area contributed by atoms with Crippen molar-refractivity contribution in [1.82, 2.24) is 19.6 Å². The monoisotopic (exact) mass is 349 g/mol. The molecule has 0 amide bonds. The minimum Gasteiger partial charge on any atom is -0.340 e. The van der Waals surface area contributed by atoms with E-state index in [9.17, 15) is 0 Å². The molecule has 4 rings (SSSR count). The van der Waals surface area contributed by atoms with Gasteiger partial charge in [-0.05, 0) is 43.7 Å². The molecule has 0 spiro atoms. The highest BCUT2D eigenvalue weighted by molar-refractivity contribution is 6.30. The van der Waals surface area contributed by atoms with Gasteiger partial charge in [-0.1, -0.05) is 35.9 Å². The van der Waals surface area contributed by atoms with Gasteiger partial charge >= 0.3 is 0 Å². The average molecular weight is 350 g/mol. The van der Waals surface area contributed by atoms with Crippen molar-refractivity contribution in [1.29, 1.82) is 0 Å². The molecule has 0 bridgehead atoms. The van der Waals surface area contributed by atoms with E-state index in [1.54, 1.807) is 4.52 Å². The third kappa shape index (κ3) is 3.06. The van der Waals surface area contributed by atoms with Gasteiger partial charge < -0.3 is 5.32 Å². The van der Waals surface area contributed by atoms with Crippen molar-refractivity contribution in [2.75, 3.05) is 5.32 Å². The van der Waals surface area contributed by atoms with E-state index in [-0.39, 0.29) is 0 Å². The number of aromatic nitrogens is 4. The normalized spacial score (nSPS) is 11.0. The second kappa shape index (κ2) is 6.18. The van der Waals surface area contributed by atoms with Gasteiger partial charge in [0.1, 0.15) is 5.82 Å². The van der Waals surface area contributed by atoms with Gasteiger partial charge in [-0.15, -0.1) is 5.10 Å². The first-order valence-electron chi connectivity index (χ1n) is 7.93. The fourth-order valence-corrected chi connectivity index (χ4v) is 2.82. The summed E-state index contributed by atoms with van der Waals surface area (Å²) in [4.78, 5) is 9.10. The Balaban J connectivity index is 1.82. The number of fused-ring (bicyclic) bond motifs is 1. The molecule has 4 aromatic rings. The Morgan fingerprint density at radius 3 is 2.48 bits per heavy atom. The Morgan fingerprint density at radius 2 is 1.72 bits per heavy atom. The molecule has 5 nitrogen and oxygen atoms in total. The van der Waals surface area contributed by atoms with Gasteiger partial charge in [-0.2, -0.15) is 9.50 Å². The SMILES string of the molecule is Cc1cc(Nc2ccc(Cl)cc2)n2nc(-c3ccccc3C)nc2n1. The predicted molar refractivity (Wildman–Crippen MR) is 100 cm³/mol. The van der Waals surface area contributed by atoms with Gasteiger partial charge in [0.25, 0.3) is 5.78 Å². The maximum Gasteiger partial charge on any atom is 0.254 e. The largest absolute Gasteiger partial charge is 0.340 e. The van der Waals surface area contributed by atoms with Crippen LogP contribution >= 0.6 is 11.6 Å². The topological polar surface area (TPSA) is 55.1 Å². The van der Waals surface area contributed by atoms with Gasteiger partial charge in [-0.25, -0.2) is 4.98 Å². The molecule has 1 N–H and O–H groups in total. The lowest BCUT2D eigenvalue weighted by Crippen LogP contribution is -2.02. The summed E-state index contributed by atoms with van der Waals surface area (Å²) >= 11 is 5.96. The van der Waals surface area contributed by atoms with Crippen molar-refractivity contribution >= 4 is 28.9 Å². The Kier molecular flexibility index (Phi) is 3.86. The Bertz CT molecular complexity index is 1050. The van der Waals surface area contributed by atoms with Crippen LogP contribution in [0.5, 0.6) is 0 Å². The van der Waals surface area contributed by atoms with E-state index in [1.807, 2.05) is 68.4 Å². The molecule has 2 aromatic carbocycles.